The number of morpholine rings is 1. The van der Waals surface area contributed by atoms with Gasteiger partial charge < -0.3 is 19.2 Å². The number of aryl methyl sites for hydroxylation is 1. The van der Waals surface area contributed by atoms with Crippen LogP contribution < -0.4 is 10.1 Å². The Labute approximate surface area is 199 Å². The Bertz CT molecular complexity index is 1210. The van der Waals surface area contributed by atoms with E-state index >= 15 is 0 Å². The van der Waals surface area contributed by atoms with Crippen molar-refractivity contribution in [2.75, 3.05) is 33.4 Å². The van der Waals surface area contributed by atoms with Crippen molar-refractivity contribution in [1.82, 2.24) is 9.62 Å². The average Bonchev–Trinajstić information content (AvgIpc) is 3.36. The van der Waals surface area contributed by atoms with Crippen LogP contribution in [0.15, 0.2) is 70.0 Å². The molecule has 1 N–H and O–H groups in total. The maximum atomic E-state index is 13.1. The highest BCUT2D eigenvalue weighted by atomic mass is 32.2. The summed E-state index contributed by atoms with van der Waals surface area (Å²) < 4.78 is 43.8. The van der Waals surface area contributed by atoms with E-state index < -0.39 is 10.0 Å². The maximum Gasteiger partial charge on any atom is 0.243 e. The molecule has 8 nitrogen and oxygen atoms in total. The van der Waals surface area contributed by atoms with Crippen LogP contribution in [0.25, 0.3) is 11.3 Å². The Morgan fingerprint density at radius 3 is 2.50 bits per heavy atom. The zero-order chi connectivity index (χ0) is 24.0. The number of hydrogen-bond acceptors (Lipinski definition) is 6. The van der Waals surface area contributed by atoms with Gasteiger partial charge in [0.2, 0.25) is 15.9 Å². The number of hydrogen-bond donors (Lipinski definition) is 1. The van der Waals surface area contributed by atoms with E-state index in [1.54, 1.807) is 31.4 Å². The van der Waals surface area contributed by atoms with Gasteiger partial charge in [0, 0.05) is 38.0 Å². The van der Waals surface area contributed by atoms with Gasteiger partial charge in [-0.25, -0.2) is 8.42 Å². The summed E-state index contributed by atoms with van der Waals surface area (Å²) in [6.07, 6.45) is 0.670. The van der Waals surface area contributed by atoms with Crippen LogP contribution in [-0.4, -0.2) is 52.0 Å². The van der Waals surface area contributed by atoms with Gasteiger partial charge in [-0.3, -0.25) is 4.79 Å². The molecule has 0 unspecified atom stereocenters. The van der Waals surface area contributed by atoms with E-state index in [1.165, 1.54) is 4.31 Å². The van der Waals surface area contributed by atoms with Crippen LogP contribution >= 0.6 is 0 Å². The number of nitrogens with one attached hydrogen (secondary N) is 1. The monoisotopic (exact) mass is 484 g/mol. The first-order chi connectivity index (χ1) is 16.5. The number of furan rings is 1. The number of nitrogens with zero attached hydrogens (tertiary/aromatic N) is 1. The molecule has 4 rings (SSSR count). The molecule has 0 bridgehead atoms. The highest BCUT2D eigenvalue weighted by Crippen LogP contribution is 2.25. The van der Waals surface area contributed by atoms with Crippen LogP contribution in [0.3, 0.4) is 0 Å². The molecule has 0 saturated carbocycles. The Hall–Kier alpha value is -3.14. The lowest BCUT2D eigenvalue weighted by atomic mass is 10.2. The van der Waals surface area contributed by atoms with Gasteiger partial charge in [-0.15, -0.1) is 0 Å². The fourth-order valence-electron chi connectivity index (χ4n) is 3.77. The van der Waals surface area contributed by atoms with Crippen LogP contribution in [-0.2, 0) is 32.5 Å². The molecule has 1 saturated heterocycles. The molecule has 0 atom stereocenters. The number of amides is 1. The smallest absolute Gasteiger partial charge is 0.243 e. The van der Waals surface area contributed by atoms with Crippen molar-refractivity contribution in [3.63, 3.8) is 0 Å². The van der Waals surface area contributed by atoms with Crippen molar-refractivity contribution < 1.29 is 27.1 Å². The predicted octanol–water partition coefficient (Wildman–Crippen LogP) is 3.23. The summed E-state index contributed by atoms with van der Waals surface area (Å²) in [6.45, 7) is 1.54. The largest absolute Gasteiger partial charge is 0.497 e. The summed E-state index contributed by atoms with van der Waals surface area (Å²) in [7, 11) is -2.03. The van der Waals surface area contributed by atoms with E-state index in [4.69, 9.17) is 13.9 Å². The number of benzene rings is 2. The molecule has 1 aliphatic rings. The van der Waals surface area contributed by atoms with Crippen LogP contribution in [0.2, 0.25) is 0 Å². The SMILES string of the molecule is COc1ccc(-c2ccc(CCC(=O)NCc3ccccc3S(=O)(=O)N3CCOCC3)o2)cc1. The van der Waals surface area contributed by atoms with Gasteiger partial charge in [-0.2, -0.15) is 4.31 Å². The lowest BCUT2D eigenvalue weighted by Gasteiger charge is -2.27. The molecule has 180 valence electrons. The highest BCUT2D eigenvalue weighted by Gasteiger charge is 2.28. The minimum atomic E-state index is -3.64. The minimum absolute atomic E-state index is 0.133. The number of ether oxygens (including phenoxy) is 2. The number of sulfonamides is 1. The second-order valence-corrected chi connectivity index (χ2v) is 9.80. The first-order valence-electron chi connectivity index (χ1n) is 11.1. The van der Waals surface area contributed by atoms with Gasteiger partial charge in [0.25, 0.3) is 0 Å². The van der Waals surface area contributed by atoms with E-state index in [-0.39, 0.29) is 23.8 Å². The van der Waals surface area contributed by atoms with Crippen molar-refractivity contribution in [1.29, 1.82) is 0 Å². The summed E-state index contributed by atoms with van der Waals surface area (Å²) in [5, 5.41) is 2.83. The van der Waals surface area contributed by atoms with E-state index in [2.05, 4.69) is 5.32 Å². The standard InChI is InChI=1S/C25H28N2O6S/c1-31-21-8-6-19(7-9-21)23-12-10-22(33-23)11-13-25(28)26-18-20-4-2-3-5-24(20)34(29,30)27-14-16-32-17-15-27/h2-10,12H,11,13-18H2,1H3,(H,26,28). The fourth-order valence-corrected chi connectivity index (χ4v) is 5.40. The highest BCUT2D eigenvalue weighted by molar-refractivity contribution is 7.89. The topological polar surface area (TPSA) is 98.1 Å². The molecule has 2 heterocycles. The number of carbonyl (C=O) groups excluding carboxylic acids is 1. The van der Waals surface area contributed by atoms with Gasteiger partial charge >= 0.3 is 0 Å². The molecule has 0 spiro atoms. The van der Waals surface area contributed by atoms with Crippen molar-refractivity contribution >= 4 is 15.9 Å². The predicted molar refractivity (Wildman–Crippen MR) is 127 cm³/mol. The van der Waals surface area contributed by atoms with E-state index in [0.717, 1.165) is 17.1 Å². The van der Waals surface area contributed by atoms with Crippen LogP contribution in [0.5, 0.6) is 5.75 Å². The van der Waals surface area contributed by atoms with Gasteiger partial charge in [0.05, 0.1) is 25.2 Å². The average molecular weight is 485 g/mol. The van der Waals surface area contributed by atoms with Crippen molar-refractivity contribution in [3.8, 4) is 17.1 Å². The second kappa shape index (κ2) is 10.9. The zero-order valence-corrected chi connectivity index (χ0v) is 19.8. The summed E-state index contributed by atoms with van der Waals surface area (Å²) in [5.41, 5.74) is 1.48. The summed E-state index contributed by atoms with van der Waals surface area (Å²) in [4.78, 5) is 12.7. The molecule has 0 radical (unpaired) electrons. The fraction of sp³-hybridized carbons (Fsp3) is 0.320. The molecule has 1 aliphatic heterocycles. The van der Waals surface area contributed by atoms with Crippen molar-refractivity contribution in [3.05, 3.63) is 72.0 Å². The Morgan fingerprint density at radius 2 is 1.76 bits per heavy atom. The summed E-state index contributed by atoms with van der Waals surface area (Å²) >= 11 is 0. The lowest BCUT2D eigenvalue weighted by molar-refractivity contribution is -0.121. The maximum absolute atomic E-state index is 13.1. The normalized spacial score (nSPS) is 14.6. The molecule has 3 aromatic rings. The third-order valence-electron chi connectivity index (χ3n) is 5.67. The first-order valence-corrected chi connectivity index (χ1v) is 12.6. The zero-order valence-electron chi connectivity index (χ0n) is 19.0. The molecule has 0 aliphatic carbocycles. The van der Waals surface area contributed by atoms with Crippen molar-refractivity contribution in [2.24, 2.45) is 0 Å². The molecule has 9 heteroatoms. The van der Waals surface area contributed by atoms with Crippen LogP contribution in [0.4, 0.5) is 0 Å². The summed E-state index contributed by atoms with van der Waals surface area (Å²) in [5.74, 6) is 2.02. The van der Waals surface area contributed by atoms with Crippen molar-refractivity contribution in [2.45, 2.75) is 24.3 Å². The molecule has 1 amide bonds. The Morgan fingerprint density at radius 1 is 1.03 bits per heavy atom. The molecule has 1 fully saturated rings. The van der Waals surface area contributed by atoms with E-state index in [9.17, 15) is 13.2 Å². The number of methoxy groups -OCH3 is 1. The molecule has 34 heavy (non-hydrogen) atoms. The number of carbonyl (C=O) groups is 1. The Kier molecular flexibility index (Phi) is 7.66. The van der Waals surface area contributed by atoms with Crippen LogP contribution in [0.1, 0.15) is 17.7 Å². The second-order valence-electron chi connectivity index (χ2n) is 7.90. The number of rotatable bonds is 9. The van der Waals surface area contributed by atoms with Gasteiger partial charge in [-0.05, 0) is 48.0 Å². The van der Waals surface area contributed by atoms with E-state index in [1.807, 2.05) is 36.4 Å². The van der Waals surface area contributed by atoms with Gasteiger partial charge in [0.1, 0.15) is 17.3 Å². The summed E-state index contributed by atoms with van der Waals surface area (Å²) in [6, 6.07) is 18.0. The Balaban J connectivity index is 1.33. The first kappa shape index (κ1) is 24.0. The van der Waals surface area contributed by atoms with Crippen LogP contribution in [0, 0.1) is 0 Å². The quantitative estimate of drug-likeness (QED) is 0.501. The third-order valence-corrected chi connectivity index (χ3v) is 7.67. The lowest BCUT2D eigenvalue weighted by Crippen LogP contribution is -2.41. The molecular weight excluding hydrogens is 456 g/mol. The third kappa shape index (κ3) is 5.67. The molecular formula is C25H28N2O6S. The van der Waals surface area contributed by atoms with E-state index in [0.29, 0.717) is 44.0 Å². The molecule has 1 aromatic heterocycles. The minimum Gasteiger partial charge on any atom is -0.497 e. The molecule has 2 aromatic carbocycles. The van der Waals surface area contributed by atoms with Gasteiger partial charge in [0.15, 0.2) is 0 Å². The van der Waals surface area contributed by atoms with Gasteiger partial charge in [-0.1, -0.05) is 18.2 Å².